The van der Waals surface area contributed by atoms with Gasteiger partial charge in [0.25, 0.3) is 0 Å². The third-order valence-electron chi connectivity index (χ3n) is 2.35. The van der Waals surface area contributed by atoms with Gasteiger partial charge in [-0.15, -0.1) is 0 Å². The molecule has 0 unspecified atom stereocenters. The minimum atomic E-state index is -0.998. The van der Waals surface area contributed by atoms with E-state index in [1.165, 1.54) is 0 Å². The van der Waals surface area contributed by atoms with Crippen molar-refractivity contribution in [3.63, 3.8) is 0 Å². The first-order chi connectivity index (χ1) is 7.99. The van der Waals surface area contributed by atoms with Crippen LogP contribution >= 0.6 is 15.9 Å². The molecular weight excluding hydrogens is 286 g/mol. The first-order valence-electron chi connectivity index (χ1n) is 5.03. The highest BCUT2D eigenvalue weighted by Gasteiger charge is 2.18. The molecule has 2 heterocycles. The Kier molecular flexibility index (Phi) is 3.17. The fraction of sp³-hybridized carbons (Fsp3) is 0.273. The van der Waals surface area contributed by atoms with Gasteiger partial charge in [0.2, 0.25) is 0 Å². The second kappa shape index (κ2) is 4.46. The fourth-order valence-corrected chi connectivity index (χ4v) is 2.03. The van der Waals surface area contributed by atoms with E-state index in [2.05, 4.69) is 20.9 Å². The number of aromatic nitrogens is 2. The van der Waals surface area contributed by atoms with Gasteiger partial charge in [0, 0.05) is 17.2 Å². The third-order valence-corrected chi connectivity index (χ3v) is 2.82. The van der Waals surface area contributed by atoms with Crippen LogP contribution in [0.25, 0.3) is 5.65 Å². The Labute approximate surface area is 107 Å². The molecule has 0 aromatic carbocycles. The molecule has 2 rings (SSSR count). The molecule has 0 bridgehead atoms. The van der Waals surface area contributed by atoms with Gasteiger partial charge in [-0.2, -0.15) is 0 Å². The number of carboxylic acid groups (broad SMARTS) is 1. The molecule has 0 aliphatic carbocycles. The lowest BCUT2D eigenvalue weighted by Gasteiger charge is -2.10. The summed E-state index contributed by atoms with van der Waals surface area (Å²) in [7, 11) is 3.78. The van der Waals surface area contributed by atoms with Crippen molar-refractivity contribution in [2.45, 2.75) is 6.54 Å². The molecule has 5 nitrogen and oxygen atoms in total. The van der Waals surface area contributed by atoms with E-state index >= 15 is 0 Å². The van der Waals surface area contributed by atoms with Crippen molar-refractivity contribution in [2.24, 2.45) is 0 Å². The minimum Gasteiger partial charge on any atom is -0.476 e. The molecule has 0 saturated carbocycles. The first-order valence-corrected chi connectivity index (χ1v) is 5.83. The molecule has 90 valence electrons. The van der Waals surface area contributed by atoms with Crippen LogP contribution in [0.15, 0.2) is 22.8 Å². The van der Waals surface area contributed by atoms with Crippen LogP contribution < -0.4 is 0 Å². The molecule has 0 fully saturated rings. The monoisotopic (exact) mass is 297 g/mol. The number of aromatic carboxylic acids is 1. The van der Waals surface area contributed by atoms with E-state index in [4.69, 9.17) is 5.11 Å². The third kappa shape index (κ3) is 2.32. The lowest BCUT2D eigenvalue weighted by molar-refractivity contribution is 0.0689. The molecule has 0 atom stereocenters. The van der Waals surface area contributed by atoms with Crippen molar-refractivity contribution in [1.82, 2.24) is 14.3 Å². The zero-order valence-corrected chi connectivity index (χ0v) is 11.1. The normalized spacial score (nSPS) is 11.3. The van der Waals surface area contributed by atoms with Crippen molar-refractivity contribution in [2.75, 3.05) is 14.1 Å². The molecule has 0 radical (unpaired) electrons. The second-order valence-corrected chi connectivity index (χ2v) is 4.94. The Morgan fingerprint density at radius 1 is 1.53 bits per heavy atom. The lowest BCUT2D eigenvalue weighted by Crippen LogP contribution is -2.15. The summed E-state index contributed by atoms with van der Waals surface area (Å²) in [5.74, 6) is -0.998. The topological polar surface area (TPSA) is 57.8 Å². The number of hydrogen-bond donors (Lipinski definition) is 1. The van der Waals surface area contributed by atoms with Gasteiger partial charge in [-0.3, -0.25) is 0 Å². The Hall–Kier alpha value is -1.40. The van der Waals surface area contributed by atoms with Crippen LogP contribution in [0, 0.1) is 0 Å². The fourth-order valence-electron chi connectivity index (χ4n) is 1.69. The summed E-state index contributed by atoms with van der Waals surface area (Å²) in [6, 6.07) is 3.63. The average Bonchev–Trinajstić information content (AvgIpc) is 2.56. The standard InChI is InChI=1S/C11H12BrN3O2/c1-14(2)6-8-10(11(16)17)13-9-4-3-7(12)5-15(8)9/h3-5H,6H2,1-2H3,(H,16,17). The molecule has 0 saturated heterocycles. The van der Waals surface area contributed by atoms with E-state index < -0.39 is 5.97 Å². The Bertz CT molecular complexity index is 577. The molecule has 1 N–H and O–H groups in total. The first kappa shape index (κ1) is 12.1. The molecule has 0 aliphatic heterocycles. The highest BCUT2D eigenvalue weighted by Crippen LogP contribution is 2.18. The van der Waals surface area contributed by atoms with Crippen LogP contribution in [0.5, 0.6) is 0 Å². The van der Waals surface area contributed by atoms with Crippen LogP contribution in [-0.2, 0) is 6.54 Å². The van der Waals surface area contributed by atoms with Crippen molar-refractivity contribution < 1.29 is 9.90 Å². The van der Waals surface area contributed by atoms with E-state index in [1.807, 2.05) is 31.3 Å². The number of halogens is 1. The molecule has 2 aromatic rings. The molecular formula is C11H12BrN3O2. The van der Waals surface area contributed by atoms with E-state index in [0.717, 1.165) is 4.47 Å². The van der Waals surface area contributed by atoms with E-state index in [1.54, 1.807) is 10.5 Å². The largest absolute Gasteiger partial charge is 0.476 e. The highest BCUT2D eigenvalue weighted by atomic mass is 79.9. The van der Waals surface area contributed by atoms with Crippen LogP contribution in [-0.4, -0.2) is 39.5 Å². The predicted octanol–water partition coefficient (Wildman–Crippen LogP) is 1.86. The Balaban J connectivity index is 2.68. The summed E-state index contributed by atoms with van der Waals surface area (Å²) < 4.78 is 2.69. The quantitative estimate of drug-likeness (QED) is 0.939. The zero-order valence-electron chi connectivity index (χ0n) is 9.51. The van der Waals surface area contributed by atoms with Gasteiger partial charge in [-0.25, -0.2) is 9.78 Å². The summed E-state index contributed by atoms with van der Waals surface area (Å²) in [4.78, 5) is 17.2. The van der Waals surface area contributed by atoms with Crippen molar-refractivity contribution in [1.29, 1.82) is 0 Å². The molecule has 0 aliphatic rings. The van der Waals surface area contributed by atoms with Gasteiger partial charge < -0.3 is 14.4 Å². The number of pyridine rings is 1. The van der Waals surface area contributed by atoms with E-state index in [9.17, 15) is 4.79 Å². The van der Waals surface area contributed by atoms with Gasteiger partial charge in [0.1, 0.15) is 5.65 Å². The van der Waals surface area contributed by atoms with Gasteiger partial charge >= 0.3 is 5.97 Å². The van der Waals surface area contributed by atoms with Gasteiger partial charge in [-0.05, 0) is 42.2 Å². The van der Waals surface area contributed by atoms with Crippen molar-refractivity contribution >= 4 is 27.5 Å². The van der Waals surface area contributed by atoms with Gasteiger partial charge in [0.15, 0.2) is 5.69 Å². The van der Waals surface area contributed by atoms with Gasteiger partial charge in [-0.1, -0.05) is 0 Å². The molecule has 17 heavy (non-hydrogen) atoms. The van der Waals surface area contributed by atoms with E-state index in [0.29, 0.717) is 17.9 Å². The number of hydrogen-bond acceptors (Lipinski definition) is 3. The molecule has 2 aromatic heterocycles. The molecule has 0 amide bonds. The zero-order chi connectivity index (χ0) is 12.6. The Morgan fingerprint density at radius 2 is 2.24 bits per heavy atom. The number of nitrogens with zero attached hydrogens (tertiary/aromatic N) is 3. The van der Waals surface area contributed by atoms with Crippen molar-refractivity contribution in [3.05, 3.63) is 34.2 Å². The summed E-state index contributed by atoms with van der Waals surface area (Å²) in [5, 5.41) is 9.14. The van der Waals surface area contributed by atoms with Gasteiger partial charge in [0.05, 0.1) is 5.69 Å². The number of rotatable bonds is 3. The minimum absolute atomic E-state index is 0.108. The second-order valence-electron chi connectivity index (χ2n) is 4.03. The highest BCUT2D eigenvalue weighted by molar-refractivity contribution is 9.10. The smallest absolute Gasteiger partial charge is 0.356 e. The van der Waals surface area contributed by atoms with Crippen LogP contribution in [0.3, 0.4) is 0 Å². The SMILES string of the molecule is CN(C)Cc1c(C(=O)O)nc2ccc(Br)cn12. The maximum absolute atomic E-state index is 11.2. The molecule has 0 spiro atoms. The Morgan fingerprint density at radius 3 is 2.82 bits per heavy atom. The summed E-state index contributed by atoms with van der Waals surface area (Å²) in [6.07, 6.45) is 1.83. The van der Waals surface area contributed by atoms with Crippen LogP contribution in [0.2, 0.25) is 0 Å². The van der Waals surface area contributed by atoms with Crippen molar-refractivity contribution in [3.8, 4) is 0 Å². The molecule has 6 heteroatoms. The van der Waals surface area contributed by atoms with Crippen LogP contribution in [0.4, 0.5) is 0 Å². The maximum atomic E-state index is 11.2. The average molecular weight is 298 g/mol. The predicted molar refractivity (Wildman–Crippen MR) is 67.2 cm³/mol. The number of imidazole rings is 1. The lowest BCUT2D eigenvalue weighted by atomic mass is 10.3. The summed E-state index contributed by atoms with van der Waals surface area (Å²) >= 11 is 3.37. The maximum Gasteiger partial charge on any atom is 0.356 e. The van der Waals surface area contributed by atoms with E-state index in [-0.39, 0.29) is 5.69 Å². The summed E-state index contributed by atoms with van der Waals surface area (Å²) in [5.41, 5.74) is 1.43. The number of carbonyl (C=O) groups is 1. The number of carboxylic acids is 1. The number of fused-ring (bicyclic) bond motifs is 1. The van der Waals surface area contributed by atoms with Crippen LogP contribution in [0.1, 0.15) is 16.2 Å². The summed E-state index contributed by atoms with van der Waals surface area (Å²) in [6.45, 7) is 0.527.